The lowest BCUT2D eigenvalue weighted by molar-refractivity contribution is -0.384. The summed E-state index contributed by atoms with van der Waals surface area (Å²) in [6.07, 6.45) is 0. The third kappa shape index (κ3) is 5.60. The molecule has 0 fully saturated rings. The zero-order chi connectivity index (χ0) is 22.4. The fourth-order valence-electron chi connectivity index (χ4n) is 2.90. The molecular formula is C21H23N5O4S. The molecule has 1 amide bonds. The van der Waals surface area contributed by atoms with Crippen LogP contribution in [-0.2, 0) is 17.9 Å². The highest BCUT2D eigenvalue weighted by Gasteiger charge is 2.15. The third-order valence-corrected chi connectivity index (χ3v) is 5.66. The van der Waals surface area contributed by atoms with Crippen LogP contribution in [0.4, 0.5) is 11.4 Å². The molecule has 0 saturated heterocycles. The van der Waals surface area contributed by atoms with Gasteiger partial charge in [-0.15, -0.1) is 10.2 Å². The Hall–Kier alpha value is -3.40. The Labute approximate surface area is 184 Å². The predicted octanol–water partition coefficient (Wildman–Crippen LogP) is 4.13. The Morgan fingerprint density at radius 2 is 2.00 bits per heavy atom. The van der Waals surface area contributed by atoms with Gasteiger partial charge in [-0.25, -0.2) is 0 Å². The van der Waals surface area contributed by atoms with E-state index in [0.717, 1.165) is 16.9 Å². The lowest BCUT2D eigenvalue weighted by Crippen LogP contribution is -2.15. The summed E-state index contributed by atoms with van der Waals surface area (Å²) in [5.74, 6) is 1.28. The predicted molar refractivity (Wildman–Crippen MR) is 118 cm³/mol. The minimum atomic E-state index is -0.504. The number of hydrogen-bond acceptors (Lipinski definition) is 7. The Bertz CT molecular complexity index is 1100. The Morgan fingerprint density at radius 3 is 2.74 bits per heavy atom. The number of nitrogens with zero attached hydrogens (tertiary/aromatic N) is 4. The fourth-order valence-corrected chi connectivity index (χ4v) is 3.72. The summed E-state index contributed by atoms with van der Waals surface area (Å²) in [5.41, 5.74) is 2.53. The Morgan fingerprint density at radius 1 is 1.23 bits per heavy atom. The van der Waals surface area contributed by atoms with E-state index in [1.807, 2.05) is 43.5 Å². The van der Waals surface area contributed by atoms with Gasteiger partial charge >= 0.3 is 0 Å². The molecule has 1 N–H and O–H groups in total. The molecule has 9 nitrogen and oxygen atoms in total. The maximum atomic E-state index is 12.3. The van der Waals surface area contributed by atoms with E-state index in [9.17, 15) is 14.9 Å². The zero-order valence-electron chi connectivity index (χ0n) is 17.5. The molecule has 3 aromatic rings. The zero-order valence-corrected chi connectivity index (χ0v) is 18.3. The van der Waals surface area contributed by atoms with Crippen molar-refractivity contribution in [3.63, 3.8) is 0 Å². The number of hydrogen-bond donors (Lipinski definition) is 1. The van der Waals surface area contributed by atoms with Crippen molar-refractivity contribution in [2.24, 2.45) is 0 Å². The number of aryl methyl sites for hydroxylation is 1. The first kappa shape index (κ1) is 22.3. The summed E-state index contributed by atoms with van der Waals surface area (Å²) < 4.78 is 7.83. The maximum absolute atomic E-state index is 12.3. The molecule has 0 atom stereocenters. The first-order valence-corrected chi connectivity index (χ1v) is 10.7. The van der Waals surface area contributed by atoms with Gasteiger partial charge in [-0.05, 0) is 44.0 Å². The van der Waals surface area contributed by atoms with E-state index in [1.165, 1.54) is 30.0 Å². The van der Waals surface area contributed by atoms with Crippen LogP contribution in [0.5, 0.6) is 5.75 Å². The summed E-state index contributed by atoms with van der Waals surface area (Å²) in [6.45, 7) is 6.91. The quantitative estimate of drug-likeness (QED) is 0.302. The molecule has 3 rings (SSSR count). The van der Waals surface area contributed by atoms with Gasteiger partial charge in [0.1, 0.15) is 12.4 Å². The van der Waals surface area contributed by atoms with E-state index in [0.29, 0.717) is 23.2 Å². The molecule has 10 heteroatoms. The number of benzene rings is 2. The van der Waals surface area contributed by atoms with E-state index in [1.54, 1.807) is 6.07 Å². The standard InChI is InChI=1S/C21H23N5O4S/c1-4-25-19(12-30-18-10-5-7-14(2)15(18)3)23-24-21(25)31-13-20(27)22-16-8-6-9-17(11-16)26(28)29/h5-11H,4,12-13H2,1-3H3,(H,22,27). The van der Waals surface area contributed by atoms with Crippen LogP contribution in [0.3, 0.4) is 0 Å². The number of ether oxygens (including phenoxy) is 1. The molecule has 2 aromatic carbocycles. The van der Waals surface area contributed by atoms with Crippen LogP contribution in [0.2, 0.25) is 0 Å². The van der Waals surface area contributed by atoms with Gasteiger partial charge in [0.25, 0.3) is 5.69 Å². The molecule has 0 aliphatic heterocycles. The van der Waals surface area contributed by atoms with E-state index in [2.05, 4.69) is 15.5 Å². The third-order valence-electron chi connectivity index (χ3n) is 4.69. The van der Waals surface area contributed by atoms with E-state index < -0.39 is 4.92 Å². The normalized spacial score (nSPS) is 10.7. The number of nitro groups is 1. The number of carbonyl (C=O) groups excluding carboxylic acids is 1. The second-order valence-electron chi connectivity index (χ2n) is 6.77. The van der Waals surface area contributed by atoms with Crippen molar-refractivity contribution >= 4 is 29.0 Å². The first-order valence-electron chi connectivity index (χ1n) is 9.67. The minimum absolute atomic E-state index is 0.0790. The smallest absolute Gasteiger partial charge is 0.271 e. The summed E-state index contributed by atoms with van der Waals surface area (Å²) in [7, 11) is 0. The Balaban J connectivity index is 1.60. The molecule has 0 bridgehead atoms. The SMILES string of the molecule is CCn1c(COc2cccc(C)c2C)nnc1SCC(=O)Nc1cccc([N+](=O)[O-])c1. The molecule has 0 aliphatic carbocycles. The molecular weight excluding hydrogens is 418 g/mol. The van der Waals surface area contributed by atoms with E-state index >= 15 is 0 Å². The highest BCUT2D eigenvalue weighted by atomic mass is 32.2. The topological polar surface area (TPSA) is 112 Å². The van der Waals surface area contributed by atoms with E-state index in [-0.39, 0.29) is 24.0 Å². The van der Waals surface area contributed by atoms with Crippen LogP contribution in [-0.4, -0.2) is 31.3 Å². The molecule has 0 spiro atoms. The lowest BCUT2D eigenvalue weighted by atomic mass is 10.1. The number of carbonyl (C=O) groups is 1. The van der Waals surface area contributed by atoms with Gasteiger partial charge in [-0.3, -0.25) is 14.9 Å². The molecule has 31 heavy (non-hydrogen) atoms. The Kier molecular flexibility index (Phi) is 7.24. The summed E-state index contributed by atoms with van der Waals surface area (Å²) in [6, 6.07) is 11.7. The minimum Gasteiger partial charge on any atom is -0.485 e. The van der Waals surface area contributed by atoms with Gasteiger partial charge < -0.3 is 14.6 Å². The van der Waals surface area contributed by atoms with Crippen LogP contribution in [0.25, 0.3) is 0 Å². The van der Waals surface area contributed by atoms with Crippen molar-refractivity contribution in [2.45, 2.75) is 39.1 Å². The first-order chi connectivity index (χ1) is 14.9. The van der Waals surface area contributed by atoms with E-state index in [4.69, 9.17) is 4.74 Å². The summed E-state index contributed by atoms with van der Waals surface area (Å²) >= 11 is 1.25. The number of anilines is 1. The monoisotopic (exact) mass is 441 g/mol. The van der Waals surface area contributed by atoms with Crippen molar-refractivity contribution in [2.75, 3.05) is 11.1 Å². The molecule has 0 radical (unpaired) electrons. The number of rotatable bonds is 9. The summed E-state index contributed by atoms with van der Waals surface area (Å²) in [5, 5.41) is 22.5. The number of non-ortho nitro benzene ring substituents is 1. The molecule has 1 heterocycles. The van der Waals surface area contributed by atoms with Crippen molar-refractivity contribution < 1.29 is 14.5 Å². The van der Waals surface area contributed by atoms with Gasteiger partial charge in [-0.1, -0.05) is 30.0 Å². The van der Waals surface area contributed by atoms with Gasteiger partial charge in [0.2, 0.25) is 5.91 Å². The fraction of sp³-hybridized carbons (Fsp3) is 0.286. The van der Waals surface area contributed by atoms with Crippen LogP contribution in [0, 0.1) is 24.0 Å². The molecule has 162 valence electrons. The molecule has 0 unspecified atom stereocenters. The number of aromatic nitrogens is 3. The highest BCUT2D eigenvalue weighted by Crippen LogP contribution is 2.23. The van der Waals surface area contributed by atoms with Crippen molar-refractivity contribution in [3.8, 4) is 5.75 Å². The van der Waals surface area contributed by atoms with Crippen LogP contribution in [0.1, 0.15) is 23.9 Å². The van der Waals surface area contributed by atoms with Crippen LogP contribution < -0.4 is 10.1 Å². The number of nitrogens with one attached hydrogen (secondary N) is 1. The highest BCUT2D eigenvalue weighted by molar-refractivity contribution is 7.99. The number of amides is 1. The van der Waals surface area contributed by atoms with Crippen molar-refractivity contribution in [1.29, 1.82) is 0 Å². The number of nitro benzene ring substituents is 1. The number of thioether (sulfide) groups is 1. The van der Waals surface area contributed by atoms with Gasteiger partial charge in [0.05, 0.1) is 10.7 Å². The maximum Gasteiger partial charge on any atom is 0.271 e. The largest absolute Gasteiger partial charge is 0.485 e. The average Bonchev–Trinajstić information content (AvgIpc) is 3.15. The average molecular weight is 442 g/mol. The lowest BCUT2D eigenvalue weighted by Gasteiger charge is -2.11. The molecule has 0 saturated carbocycles. The van der Waals surface area contributed by atoms with Crippen LogP contribution >= 0.6 is 11.8 Å². The molecule has 0 aliphatic rings. The second-order valence-corrected chi connectivity index (χ2v) is 7.72. The van der Waals surface area contributed by atoms with Gasteiger partial charge in [0, 0.05) is 24.4 Å². The second kappa shape index (κ2) is 10.1. The van der Waals surface area contributed by atoms with Crippen molar-refractivity contribution in [1.82, 2.24) is 14.8 Å². The van der Waals surface area contributed by atoms with Gasteiger partial charge in [0.15, 0.2) is 11.0 Å². The molecule has 1 aromatic heterocycles. The summed E-state index contributed by atoms with van der Waals surface area (Å²) in [4.78, 5) is 22.6. The van der Waals surface area contributed by atoms with Crippen LogP contribution in [0.15, 0.2) is 47.6 Å². The van der Waals surface area contributed by atoms with Crippen molar-refractivity contribution in [3.05, 3.63) is 69.5 Å². The van der Waals surface area contributed by atoms with Gasteiger partial charge in [-0.2, -0.15) is 0 Å².